The Morgan fingerprint density at radius 3 is 2.95 bits per heavy atom. The first-order valence-electron chi connectivity index (χ1n) is 6.82. The molecule has 1 saturated heterocycles. The number of piperidine rings is 1. The van der Waals surface area contributed by atoms with Gasteiger partial charge in [-0.1, -0.05) is 37.0 Å². The van der Waals surface area contributed by atoms with Gasteiger partial charge in [0.1, 0.15) is 0 Å². The Morgan fingerprint density at radius 2 is 2.21 bits per heavy atom. The van der Waals surface area contributed by atoms with E-state index in [1.54, 1.807) is 0 Å². The molecular formula is C16H20N2O. The van der Waals surface area contributed by atoms with E-state index in [2.05, 4.69) is 24.1 Å². The van der Waals surface area contributed by atoms with Crippen molar-refractivity contribution < 1.29 is 4.79 Å². The summed E-state index contributed by atoms with van der Waals surface area (Å²) in [6.45, 7) is 4.31. The molecule has 0 bridgehead atoms. The molecule has 100 valence electrons. The highest BCUT2D eigenvalue weighted by atomic mass is 16.2. The third-order valence-electron chi connectivity index (χ3n) is 3.28. The van der Waals surface area contributed by atoms with E-state index in [4.69, 9.17) is 0 Å². The fourth-order valence-electron chi connectivity index (χ4n) is 2.27. The third kappa shape index (κ3) is 4.33. The van der Waals surface area contributed by atoms with Crippen molar-refractivity contribution >= 4 is 6.03 Å². The van der Waals surface area contributed by atoms with E-state index in [0.29, 0.717) is 12.5 Å². The second-order valence-electron chi connectivity index (χ2n) is 5.02. The van der Waals surface area contributed by atoms with E-state index in [1.165, 1.54) is 6.42 Å². The maximum atomic E-state index is 11.9. The summed E-state index contributed by atoms with van der Waals surface area (Å²) in [5, 5.41) is 2.86. The Bertz CT molecular complexity index is 473. The van der Waals surface area contributed by atoms with Crippen LogP contribution in [0, 0.1) is 17.8 Å². The van der Waals surface area contributed by atoms with E-state index in [-0.39, 0.29) is 6.03 Å². The van der Waals surface area contributed by atoms with Crippen molar-refractivity contribution in [3.8, 4) is 11.8 Å². The molecule has 1 aliphatic rings. The van der Waals surface area contributed by atoms with Crippen LogP contribution in [0.25, 0.3) is 0 Å². The van der Waals surface area contributed by atoms with Crippen LogP contribution in [0.15, 0.2) is 30.3 Å². The highest BCUT2D eigenvalue weighted by molar-refractivity contribution is 5.74. The summed E-state index contributed by atoms with van der Waals surface area (Å²) >= 11 is 0. The zero-order valence-corrected chi connectivity index (χ0v) is 11.4. The van der Waals surface area contributed by atoms with E-state index >= 15 is 0 Å². The Hall–Kier alpha value is -1.95. The molecule has 0 saturated carbocycles. The minimum Gasteiger partial charge on any atom is -0.327 e. The number of nitrogens with zero attached hydrogens (tertiary/aromatic N) is 1. The highest BCUT2D eigenvalue weighted by Gasteiger charge is 2.19. The molecule has 0 aliphatic carbocycles. The number of carbonyl (C=O) groups excluding carboxylic acids is 1. The van der Waals surface area contributed by atoms with Crippen molar-refractivity contribution in [1.29, 1.82) is 0 Å². The van der Waals surface area contributed by atoms with Crippen molar-refractivity contribution in [2.24, 2.45) is 5.92 Å². The van der Waals surface area contributed by atoms with Gasteiger partial charge in [-0.3, -0.25) is 0 Å². The van der Waals surface area contributed by atoms with E-state index < -0.39 is 0 Å². The molecule has 0 aromatic heterocycles. The smallest absolute Gasteiger partial charge is 0.318 e. The van der Waals surface area contributed by atoms with Gasteiger partial charge in [-0.15, -0.1) is 0 Å². The Labute approximate surface area is 115 Å². The predicted molar refractivity (Wildman–Crippen MR) is 76.7 cm³/mol. The number of benzene rings is 1. The van der Waals surface area contributed by atoms with Gasteiger partial charge in [0, 0.05) is 18.7 Å². The minimum atomic E-state index is 0.00825. The fraction of sp³-hybridized carbons (Fsp3) is 0.438. The lowest BCUT2D eigenvalue weighted by Crippen LogP contribution is -2.45. The van der Waals surface area contributed by atoms with E-state index in [9.17, 15) is 4.79 Å². The molecule has 3 heteroatoms. The van der Waals surface area contributed by atoms with E-state index in [1.807, 2.05) is 35.2 Å². The monoisotopic (exact) mass is 256 g/mol. The number of likely N-dealkylation sites (tertiary alicyclic amines) is 1. The van der Waals surface area contributed by atoms with Crippen molar-refractivity contribution in [3.05, 3.63) is 35.9 Å². The molecular weight excluding hydrogens is 236 g/mol. The summed E-state index contributed by atoms with van der Waals surface area (Å²) in [7, 11) is 0. The van der Waals surface area contributed by atoms with Crippen molar-refractivity contribution in [2.45, 2.75) is 19.8 Å². The Balaban J connectivity index is 1.76. The number of hydrogen-bond donors (Lipinski definition) is 1. The molecule has 1 fully saturated rings. The van der Waals surface area contributed by atoms with Gasteiger partial charge in [-0.2, -0.15) is 0 Å². The van der Waals surface area contributed by atoms with E-state index in [0.717, 1.165) is 25.1 Å². The quantitative estimate of drug-likeness (QED) is 0.769. The first kappa shape index (κ1) is 13.5. The van der Waals surface area contributed by atoms with Crippen LogP contribution in [-0.4, -0.2) is 30.6 Å². The number of nitrogens with one attached hydrogen (secondary N) is 1. The average Bonchev–Trinajstić information content (AvgIpc) is 2.44. The first-order chi connectivity index (χ1) is 9.25. The van der Waals surface area contributed by atoms with Crippen LogP contribution >= 0.6 is 0 Å². The Morgan fingerprint density at radius 1 is 1.42 bits per heavy atom. The standard InChI is InChI=1S/C16H20N2O/c1-14-7-6-12-18(13-14)16(19)17-11-5-10-15-8-3-2-4-9-15/h2-4,8-9,14H,6-7,11-13H2,1H3,(H,17,19). The molecule has 1 heterocycles. The van der Waals surface area contributed by atoms with Crippen LogP contribution in [0.1, 0.15) is 25.3 Å². The van der Waals surface area contributed by atoms with Gasteiger partial charge in [0.25, 0.3) is 0 Å². The first-order valence-corrected chi connectivity index (χ1v) is 6.82. The van der Waals surface area contributed by atoms with Crippen LogP contribution in [0.5, 0.6) is 0 Å². The van der Waals surface area contributed by atoms with Gasteiger partial charge in [0.05, 0.1) is 6.54 Å². The summed E-state index contributed by atoms with van der Waals surface area (Å²) in [6.07, 6.45) is 2.32. The summed E-state index contributed by atoms with van der Waals surface area (Å²) in [6, 6.07) is 9.80. The lowest BCUT2D eigenvalue weighted by Gasteiger charge is -2.30. The maximum absolute atomic E-state index is 11.9. The molecule has 3 nitrogen and oxygen atoms in total. The summed E-state index contributed by atoms with van der Waals surface area (Å²) in [5.41, 5.74) is 0.975. The van der Waals surface area contributed by atoms with Crippen molar-refractivity contribution in [3.63, 3.8) is 0 Å². The normalized spacial score (nSPS) is 18.4. The number of urea groups is 1. The average molecular weight is 256 g/mol. The van der Waals surface area contributed by atoms with Gasteiger partial charge >= 0.3 is 6.03 Å². The topological polar surface area (TPSA) is 32.3 Å². The second-order valence-corrected chi connectivity index (χ2v) is 5.02. The van der Waals surface area contributed by atoms with Gasteiger partial charge in [0.15, 0.2) is 0 Å². The lowest BCUT2D eigenvalue weighted by atomic mass is 10.0. The highest BCUT2D eigenvalue weighted by Crippen LogP contribution is 2.14. The zero-order chi connectivity index (χ0) is 13.5. The maximum Gasteiger partial charge on any atom is 0.318 e. The molecule has 1 unspecified atom stereocenters. The van der Waals surface area contributed by atoms with Gasteiger partial charge < -0.3 is 10.2 Å². The fourth-order valence-corrected chi connectivity index (χ4v) is 2.27. The molecule has 1 N–H and O–H groups in total. The van der Waals surface area contributed by atoms with Crippen LogP contribution in [-0.2, 0) is 0 Å². The molecule has 1 aromatic rings. The minimum absolute atomic E-state index is 0.00825. The van der Waals surface area contributed by atoms with Crippen LogP contribution in [0.4, 0.5) is 4.79 Å². The third-order valence-corrected chi connectivity index (χ3v) is 3.28. The lowest BCUT2D eigenvalue weighted by molar-refractivity contribution is 0.171. The number of carbonyl (C=O) groups is 1. The Kier molecular flexibility index (Phi) is 4.85. The molecule has 0 spiro atoms. The number of amides is 2. The molecule has 1 atom stereocenters. The summed E-state index contributed by atoms with van der Waals surface area (Å²) in [4.78, 5) is 13.8. The van der Waals surface area contributed by atoms with Gasteiger partial charge in [0.2, 0.25) is 0 Å². The molecule has 1 aliphatic heterocycles. The summed E-state index contributed by atoms with van der Waals surface area (Å²) < 4.78 is 0. The zero-order valence-electron chi connectivity index (χ0n) is 11.4. The molecule has 2 rings (SSSR count). The van der Waals surface area contributed by atoms with Crippen LogP contribution in [0.3, 0.4) is 0 Å². The molecule has 1 aromatic carbocycles. The van der Waals surface area contributed by atoms with Crippen molar-refractivity contribution in [2.75, 3.05) is 19.6 Å². The van der Waals surface area contributed by atoms with Crippen molar-refractivity contribution in [1.82, 2.24) is 10.2 Å². The molecule has 19 heavy (non-hydrogen) atoms. The number of rotatable bonds is 1. The molecule has 0 radical (unpaired) electrons. The van der Waals surface area contributed by atoms with Gasteiger partial charge in [-0.25, -0.2) is 4.79 Å². The van der Waals surface area contributed by atoms with Crippen LogP contribution < -0.4 is 5.32 Å². The summed E-state index contributed by atoms with van der Waals surface area (Å²) in [5.74, 6) is 6.61. The largest absolute Gasteiger partial charge is 0.327 e. The SMILES string of the molecule is CC1CCCN(C(=O)NCC#Cc2ccccc2)C1. The van der Waals surface area contributed by atoms with Crippen LogP contribution in [0.2, 0.25) is 0 Å². The predicted octanol–water partition coefficient (Wildman–Crippen LogP) is 2.48. The van der Waals surface area contributed by atoms with Gasteiger partial charge in [-0.05, 0) is 30.9 Å². The number of hydrogen-bond acceptors (Lipinski definition) is 1. The molecule has 2 amide bonds. The second kappa shape index (κ2) is 6.84.